The summed E-state index contributed by atoms with van der Waals surface area (Å²) < 4.78 is 5.34. The predicted octanol–water partition coefficient (Wildman–Crippen LogP) is 4.11. The van der Waals surface area contributed by atoms with Crippen LogP contribution in [0.1, 0.15) is 31.0 Å². The highest BCUT2D eigenvalue weighted by atomic mass is 35.5. The zero-order chi connectivity index (χ0) is 22.5. The molecular formula is C24H27ClN2O4. The van der Waals surface area contributed by atoms with Gasteiger partial charge in [-0.2, -0.15) is 0 Å². The van der Waals surface area contributed by atoms with Gasteiger partial charge < -0.3 is 19.6 Å². The molecule has 1 heterocycles. The number of amides is 1. The first-order valence-corrected chi connectivity index (χ1v) is 10.7. The van der Waals surface area contributed by atoms with Gasteiger partial charge in [-0.25, -0.2) is 0 Å². The Morgan fingerprint density at radius 2 is 1.81 bits per heavy atom. The summed E-state index contributed by atoms with van der Waals surface area (Å²) in [5.74, 6) is -0.915. The van der Waals surface area contributed by atoms with Gasteiger partial charge in [0.25, 0.3) is 11.7 Å². The monoisotopic (exact) mass is 442 g/mol. The number of rotatable bonds is 8. The van der Waals surface area contributed by atoms with E-state index in [2.05, 4.69) is 18.7 Å². The van der Waals surface area contributed by atoms with Crippen LogP contribution in [0.15, 0.2) is 54.1 Å². The quantitative estimate of drug-likeness (QED) is 0.378. The van der Waals surface area contributed by atoms with Crippen LogP contribution in [0.2, 0.25) is 5.02 Å². The SMILES string of the molecule is CCN(CC)CCN1C(=O)C(=O)C(=C(O)c2ccc(Cl)cc2)[C@@H]1c1cccc(OC)c1. The Bertz CT molecular complexity index is 983. The molecule has 0 radical (unpaired) electrons. The number of aliphatic hydroxyl groups is 1. The van der Waals surface area contributed by atoms with Crippen molar-refractivity contribution in [2.45, 2.75) is 19.9 Å². The number of ether oxygens (including phenoxy) is 1. The molecule has 1 atom stereocenters. The fourth-order valence-corrected chi connectivity index (χ4v) is 3.95. The van der Waals surface area contributed by atoms with Crippen molar-refractivity contribution in [2.75, 3.05) is 33.3 Å². The minimum absolute atomic E-state index is 0.0696. The molecule has 0 unspecified atom stereocenters. The maximum Gasteiger partial charge on any atom is 0.295 e. The zero-order valence-corrected chi connectivity index (χ0v) is 18.7. The van der Waals surface area contributed by atoms with Crippen molar-refractivity contribution in [1.82, 2.24) is 9.80 Å². The Morgan fingerprint density at radius 3 is 2.42 bits per heavy atom. The number of ketones is 1. The maximum atomic E-state index is 13.0. The fraction of sp³-hybridized carbons (Fsp3) is 0.333. The van der Waals surface area contributed by atoms with Gasteiger partial charge in [0.15, 0.2) is 0 Å². The Balaban J connectivity index is 2.11. The highest BCUT2D eigenvalue weighted by Gasteiger charge is 2.46. The normalized spacial score (nSPS) is 18.1. The third-order valence-corrected chi connectivity index (χ3v) is 5.87. The van der Waals surface area contributed by atoms with Crippen LogP contribution in [0.3, 0.4) is 0 Å². The van der Waals surface area contributed by atoms with Gasteiger partial charge in [-0.3, -0.25) is 9.59 Å². The molecule has 1 saturated heterocycles. The van der Waals surface area contributed by atoms with Crippen LogP contribution in [0.5, 0.6) is 5.75 Å². The van der Waals surface area contributed by atoms with Crippen LogP contribution in [0.4, 0.5) is 0 Å². The standard InChI is InChI=1S/C24H27ClN2O4/c1-4-26(5-2)13-14-27-21(17-7-6-8-19(15-17)31-3)20(23(29)24(27)30)22(28)16-9-11-18(25)12-10-16/h6-12,15,21,28H,4-5,13-14H2,1-3H3/t21-/m0/s1. The first kappa shape index (κ1) is 22.8. The van der Waals surface area contributed by atoms with Crippen molar-refractivity contribution in [3.8, 4) is 5.75 Å². The smallest absolute Gasteiger partial charge is 0.295 e. The van der Waals surface area contributed by atoms with E-state index in [0.29, 0.717) is 35.0 Å². The third kappa shape index (κ3) is 4.75. The van der Waals surface area contributed by atoms with E-state index in [0.717, 1.165) is 13.1 Å². The largest absolute Gasteiger partial charge is 0.507 e. The first-order chi connectivity index (χ1) is 14.9. The van der Waals surface area contributed by atoms with Gasteiger partial charge in [0.2, 0.25) is 0 Å². The summed E-state index contributed by atoms with van der Waals surface area (Å²) >= 11 is 5.96. The maximum absolute atomic E-state index is 13.0. The van der Waals surface area contributed by atoms with Crippen LogP contribution >= 0.6 is 11.6 Å². The van der Waals surface area contributed by atoms with Gasteiger partial charge in [-0.05, 0) is 55.1 Å². The summed E-state index contributed by atoms with van der Waals surface area (Å²) in [7, 11) is 1.56. The molecule has 1 amide bonds. The number of hydrogen-bond acceptors (Lipinski definition) is 5. The Labute approximate surface area is 187 Å². The summed E-state index contributed by atoms with van der Waals surface area (Å²) in [5, 5.41) is 11.6. The molecule has 1 aliphatic heterocycles. The molecule has 0 saturated carbocycles. The van der Waals surface area contributed by atoms with Gasteiger partial charge in [0.05, 0.1) is 18.7 Å². The van der Waals surface area contributed by atoms with Crippen LogP contribution in [-0.2, 0) is 9.59 Å². The number of Topliss-reactive ketones (excluding diaryl/α,β-unsaturated/α-hetero) is 1. The summed E-state index contributed by atoms with van der Waals surface area (Å²) in [4.78, 5) is 29.8. The van der Waals surface area contributed by atoms with Gasteiger partial charge >= 0.3 is 0 Å². The molecule has 0 aliphatic carbocycles. The topological polar surface area (TPSA) is 70.1 Å². The average Bonchev–Trinajstić information content (AvgIpc) is 3.04. The number of benzene rings is 2. The number of likely N-dealkylation sites (tertiary alicyclic amines) is 1. The van der Waals surface area contributed by atoms with E-state index in [-0.39, 0.29) is 11.3 Å². The molecule has 0 spiro atoms. The number of halogens is 1. The van der Waals surface area contributed by atoms with Crippen molar-refractivity contribution in [3.63, 3.8) is 0 Å². The Kier molecular flexibility index (Phi) is 7.36. The molecule has 0 bridgehead atoms. The molecule has 0 aromatic heterocycles. The second-order valence-electron chi connectivity index (χ2n) is 7.30. The van der Waals surface area contributed by atoms with E-state index in [4.69, 9.17) is 16.3 Å². The minimum atomic E-state index is -0.707. The lowest BCUT2D eigenvalue weighted by Crippen LogP contribution is -2.38. The van der Waals surface area contributed by atoms with Crippen molar-refractivity contribution in [3.05, 3.63) is 70.3 Å². The number of nitrogens with zero attached hydrogens (tertiary/aromatic N) is 2. The van der Waals surface area contributed by atoms with Crippen molar-refractivity contribution < 1.29 is 19.4 Å². The van der Waals surface area contributed by atoms with Crippen molar-refractivity contribution in [2.24, 2.45) is 0 Å². The van der Waals surface area contributed by atoms with Gasteiger partial charge in [0.1, 0.15) is 11.5 Å². The molecule has 164 valence electrons. The number of likely N-dealkylation sites (N-methyl/N-ethyl adjacent to an activating group) is 1. The summed E-state index contributed by atoms with van der Waals surface area (Å²) in [6.45, 7) is 6.78. The van der Waals surface area contributed by atoms with E-state index >= 15 is 0 Å². The summed E-state index contributed by atoms with van der Waals surface area (Å²) in [6, 6.07) is 13.0. The van der Waals surface area contributed by atoms with E-state index in [1.165, 1.54) is 4.90 Å². The molecule has 1 aliphatic rings. The zero-order valence-electron chi connectivity index (χ0n) is 18.0. The number of methoxy groups -OCH3 is 1. The highest BCUT2D eigenvalue weighted by Crippen LogP contribution is 2.40. The van der Waals surface area contributed by atoms with E-state index in [1.807, 2.05) is 6.07 Å². The molecule has 7 heteroatoms. The van der Waals surface area contributed by atoms with Gasteiger partial charge in [0, 0.05) is 23.7 Å². The Hall–Kier alpha value is -2.83. The van der Waals surface area contributed by atoms with Gasteiger partial charge in [-0.15, -0.1) is 0 Å². The van der Waals surface area contributed by atoms with Crippen LogP contribution < -0.4 is 4.74 Å². The average molecular weight is 443 g/mol. The van der Waals surface area contributed by atoms with Gasteiger partial charge in [-0.1, -0.05) is 37.6 Å². The number of hydrogen-bond donors (Lipinski definition) is 1. The van der Waals surface area contributed by atoms with E-state index in [9.17, 15) is 14.7 Å². The number of carbonyl (C=O) groups is 2. The van der Waals surface area contributed by atoms with Crippen LogP contribution in [-0.4, -0.2) is 59.9 Å². The van der Waals surface area contributed by atoms with Crippen molar-refractivity contribution >= 4 is 29.1 Å². The summed E-state index contributed by atoms with van der Waals surface area (Å²) in [5.41, 5.74) is 1.20. The number of aliphatic hydroxyl groups excluding tert-OH is 1. The molecule has 31 heavy (non-hydrogen) atoms. The molecule has 1 fully saturated rings. The number of carbonyl (C=O) groups excluding carboxylic acids is 2. The molecular weight excluding hydrogens is 416 g/mol. The molecule has 2 aromatic rings. The first-order valence-electron chi connectivity index (χ1n) is 10.3. The van der Waals surface area contributed by atoms with Crippen molar-refractivity contribution in [1.29, 1.82) is 0 Å². The minimum Gasteiger partial charge on any atom is -0.507 e. The molecule has 6 nitrogen and oxygen atoms in total. The molecule has 2 aromatic carbocycles. The lowest BCUT2D eigenvalue weighted by molar-refractivity contribution is -0.140. The van der Waals surface area contributed by atoms with E-state index < -0.39 is 17.7 Å². The predicted molar refractivity (Wildman–Crippen MR) is 121 cm³/mol. The molecule has 3 rings (SSSR count). The lowest BCUT2D eigenvalue weighted by Gasteiger charge is -2.28. The van der Waals surface area contributed by atoms with Crippen LogP contribution in [0, 0.1) is 0 Å². The third-order valence-electron chi connectivity index (χ3n) is 5.62. The second kappa shape index (κ2) is 9.98. The molecule has 1 N–H and O–H groups in total. The van der Waals surface area contributed by atoms with Crippen LogP contribution in [0.25, 0.3) is 5.76 Å². The van der Waals surface area contributed by atoms with E-state index in [1.54, 1.807) is 49.6 Å². The highest BCUT2D eigenvalue weighted by molar-refractivity contribution is 6.46. The lowest BCUT2D eigenvalue weighted by atomic mass is 9.95. The fourth-order valence-electron chi connectivity index (χ4n) is 3.82. The Morgan fingerprint density at radius 1 is 1.13 bits per heavy atom. The summed E-state index contributed by atoms with van der Waals surface area (Å²) in [6.07, 6.45) is 0. The second-order valence-corrected chi connectivity index (χ2v) is 7.74.